The van der Waals surface area contributed by atoms with Gasteiger partial charge < -0.3 is 14.0 Å². The van der Waals surface area contributed by atoms with E-state index in [4.69, 9.17) is 14.5 Å². The molecule has 0 bridgehead atoms. The average molecular weight is 401 g/mol. The van der Waals surface area contributed by atoms with Crippen molar-refractivity contribution in [1.29, 1.82) is 0 Å². The Kier molecular flexibility index (Phi) is 6.33. The van der Waals surface area contributed by atoms with Crippen LogP contribution in [0.25, 0.3) is 11.0 Å². The number of hydrogen-bond donors (Lipinski definition) is 0. The summed E-state index contributed by atoms with van der Waals surface area (Å²) in [6.45, 7) is 6.17. The molecule has 0 N–H and O–H groups in total. The number of benzene rings is 3. The number of nitrogens with zero attached hydrogens (tertiary/aromatic N) is 2. The van der Waals surface area contributed by atoms with Gasteiger partial charge >= 0.3 is 0 Å². The monoisotopic (exact) mass is 400 g/mol. The number of aryl methyl sites for hydroxylation is 3. The molecular weight excluding hydrogens is 372 g/mol. The van der Waals surface area contributed by atoms with Gasteiger partial charge in [0.25, 0.3) is 0 Å². The lowest BCUT2D eigenvalue weighted by Gasteiger charge is -2.12. The molecule has 154 valence electrons. The molecule has 30 heavy (non-hydrogen) atoms. The highest BCUT2D eigenvalue weighted by atomic mass is 16.5. The molecule has 4 aromatic rings. The summed E-state index contributed by atoms with van der Waals surface area (Å²) in [6.07, 6.45) is 1.92. The highest BCUT2D eigenvalue weighted by Crippen LogP contribution is 2.20. The Morgan fingerprint density at radius 3 is 2.50 bits per heavy atom. The van der Waals surface area contributed by atoms with Gasteiger partial charge in [-0.2, -0.15) is 0 Å². The molecule has 0 atom stereocenters. The van der Waals surface area contributed by atoms with Crippen molar-refractivity contribution in [2.75, 3.05) is 6.61 Å². The van der Waals surface area contributed by atoms with E-state index in [9.17, 15) is 0 Å². The van der Waals surface area contributed by atoms with E-state index in [-0.39, 0.29) is 0 Å². The molecule has 1 aromatic heterocycles. The van der Waals surface area contributed by atoms with Crippen molar-refractivity contribution in [2.45, 2.75) is 39.8 Å². The fourth-order valence-corrected chi connectivity index (χ4v) is 3.57. The summed E-state index contributed by atoms with van der Waals surface area (Å²) in [4.78, 5) is 4.81. The Morgan fingerprint density at radius 2 is 1.70 bits per heavy atom. The fourth-order valence-electron chi connectivity index (χ4n) is 3.57. The van der Waals surface area contributed by atoms with E-state index in [1.54, 1.807) is 0 Å². The molecule has 0 aliphatic heterocycles. The zero-order valence-corrected chi connectivity index (χ0v) is 17.7. The lowest BCUT2D eigenvalue weighted by Crippen LogP contribution is -2.10. The molecule has 4 rings (SSSR count). The second-order valence-corrected chi connectivity index (χ2v) is 7.47. The summed E-state index contributed by atoms with van der Waals surface area (Å²) in [5.41, 5.74) is 4.65. The minimum atomic E-state index is 0.443. The number of hydrogen-bond acceptors (Lipinski definition) is 3. The van der Waals surface area contributed by atoms with Gasteiger partial charge in [0.05, 0.1) is 17.6 Å². The lowest BCUT2D eigenvalue weighted by molar-refractivity contribution is 0.280. The highest BCUT2D eigenvalue weighted by molar-refractivity contribution is 5.75. The maximum Gasteiger partial charge on any atom is 0.147 e. The Balaban J connectivity index is 1.43. The van der Waals surface area contributed by atoms with Gasteiger partial charge in [-0.15, -0.1) is 0 Å². The van der Waals surface area contributed by atoms with Crippen LogP contribution in [0.1, 0.15) is 30.3 Å². The van der Waals surface area contributed by atoms with Crippen LogP contribution in [-0.4, -0.2) is 16.2 Å². The first kappa shape index (κ1) is 20.0. The van der Waals surface area contributed by atoms with E-state index in [0.29, 0.717) is 13.2 Å². The molecule has 0 spiro atoms. The molecule has 4 nitrogen and oxygen atoms in total. The second-order valence-electron chi connectivity index (χ2n) is 7.47. The van der Waals surface area contributed by atoms with Gasteiger partial charge in [-0.1, -0.05) is 43.3 Å². The summed E-state index contributed by atoms with van der Waals surface area (Å²) in [5.74, 6) is 2.73. The number of rotatable bonds is 9. The maximum absolute atomic E-state index is 6.04. The summed E-state index contributed by atoms with van der Waals surface area (Å²) < 4.78 is 14.2. The SMILES string of the molecule is CCc1ccc(OCc2nc3ccccc3n2CCCOc2cccc(C)c2)cc1. The van der Waals surface area contributed by atoms with E-state index in [1.807, 2.05) is 30.3 Å². The first-order valence-corrected chi connectivity index (χ1v) is 10.6. The predicted octanol–water partition coefficient (Wildman–Crippen LogP) is 5.96. The molecule has 0 saturated heterocycles. The highest BCUT2D eigenvalue weighted by Gasteiger charge is 2.11. The van der Waals surface area contributed by atoms with Crippen LogP contribution in [0.2, 0.25) is 0 Å². The predicted molar refractivity (Wildman–Crippen MR) is 121 cm³/mol. The van der Waals surface area contributed by atoms with Crippen LogP contribution in [-0.2, 0) is 19.6 Å². The normalized spacial score (nSPS) is 11.0. The van der Waals surface area contributed by atoms with Crippen molar-refractivity contribution in [3.8, 4) is 11.5 Å². The smallest absolute Gasteiger partial charge is 0.147 e. The van der Waals surface area contributed by atoms with Crippen molar-refractivity contribution in [3.63, 3.8) is 0 Å². The van der Waals surface area contributed by atoms with Gasteiger partial charge in [-0.05, 0) is 67.3 Å². The van der Waals surface area contributed by atoms with Crippen LogP contribution in [0.15, 0.2) is 72.8 Å². The van der Waals surface area contributed by atoms with Gasteiger partial charge in [0, 0.05) is 6.54 Å². The zero-order valence-electron chi connectivity index (χ0n) is 17.7. The van der Waals surface area contributed by atoms with Crippen LogP contribution < -0.4 is 9.47 Å². The molecule has 3 aromatic carbocycles. The standard InChI is InChI=1S/C26H28N2O2/c1-3-21-12-14-22(15-13-21)30-19-26-27-24-10-4-5-11-25(24)28(26)16-7-17-29-23-9-6-8-20(2)18-23/h4-6,8-15,18H,3,7,16-17,19H2,1-2H3. The third kappa shape index (κ3) is 4.82. The van der Waals surface area contributed by atoms with Gasteiger partial charge in [0.1, 0.15) is 23.9 Å². The van der Waals surface area contributed by atoms with Crippen molar-refractivity contribution >= 4 is 11.0 Å². The Hall–Kier alpha value is -3.27. The molecule has 0 fully saturated rings. The number of imidazole rings is 1. The zero-order chi connectivity index (χ0) is 20.8. The molecule has 0 unspecified atom stereocenters. The molecular formula is C26H28N2O2. The maximum atomic E-state index is 6.04. The fraction of sp³-hybridized carbons (Fsp3) is 0.269. The van der Waals surface area contributed by atoms with Crippen LogP contribution in [0.5, 0.6) is 11.5 Å². The summed E-state index contributed by atoms with van der Waals surface area (Å²) in [7, 11) is 0. The minimum Gasteiger partial charge on any atom is -0.494 e. The Bertz CT molecular complexity index is 1100. The van der Waals surface area contributed by atoms with Crippen molar-refractivity contribution in [2.24, 2.45) is 0 Å². The first-order valence-electron chi connectivity index (χ1n) is 10.6. The molecule has 1 heterocycles. The number of ether oxygens (including phenoxy) is 2. The Labute approximate surface area is 178 Å². The molecule has 0 aliphatic rings. The van der Waals surface area contributed by atoms with Crippen LogP contribution in [0.4, 0.5) is 0 Å². The largest absolute Gasteiger partial charge is 0.494 e. The van der Waals surface area contributed by atoms with Crippen molar-refractivity contribution in [1.82, 2.24) is 9.55 Å². The average Bonchev–Trinajstić information content (AvgIpc) is 3.13. The van der Waals surface area contributed by atoms with Gasteiger partial charge in [0.15, 0.2) is 0 Å². The van der Waals surface area contributed by atoms with E-state index in [0.717, 1.165) is 47.7 Å². The summed E-state index contributed by atoms with van der Waals surface area (Å²) in [6, 6.07) is 24.7. The summed E-state index contributed by atoms with van der Waals surface area (Å²) >= 11 is 0. The third-order valence-corrected chi connectivity index (χ3v) is 5.22. The molecule has 0 amide bonds. The lowest BCUT2D eigenvalue weighted by atomic mass is 10.2. The van der Waals surface area contributed by atoms with Crippen molar-refractivity contribution in [3.05, 3.63) is 89.7 Å². The topological polar surface area (TPSA) is 36.3 Å². The molecule has 0 radical (unpaired) electrons. The van der Waals surface area contributed by atoms with Crippen LogP contribution >= 0.6 is 0 Å². The van der Waals surface area contributed by atoms with Gasteiger partial charge in [-0.25, -0.2) is 4.98 Å². The van der Waals surface area contributed by atoms with Crippen molar-refractivity contribution < 1.29 is 9.47 Å². The Morgan fingerprint density at radius 1 is 0.867 bits per heavy atom. The van der Waals surface area contributed by atoms with E-state index >= 15 is 0 Å². The quantitative estimate of drug-likeness (QED) is 0.326. The minimum absolute atomic E-state index is 0.443. The second kappa shape index (κ2) is 9.49. The van der Waals surface area contributed by atoms with Crippen LogP contribution in [0, 0.1) is 6.92 Å². The summed E-state index contributed by atoms with van der Waals surface area (Å²) in [5, 5.41) is 0. The third-order valence-electron chi connectivity index (χ3n) is 5.22. The van der Waals surface area contributed by atoms with E-state index in [1.165, 1.54) is 11.1 Å². The van der Waals surface area contributed by atoms with Gasteiger partial charge in [-0.3, -0.25) is 0 Å². The number of para-hydroxylation sites is 2. The molecule has 0 aliphatic carbocycles. The van der Waals surface area contributed by atoms with Crippen LogP contribution in [0.3, 0.4) is 0 Å². The van der Waals surface area contributed by atoms with Gasteiger partial charge in [0.2, 0.25) is 0 Å². The van der Waals surface area contributed by atoms with E-state index in [2.05, 4.69) is 60.9 Å². The molecule has 4 heteroatoms. The first-order chi connectivity index (χ1) is 14.7. The number of aromatic nitrogens is 2. The molecule has 0 saturated carbocycles. The number of fused-ring (bicyclic) bond motifs is 1. The van der Waals surface area contributed by atoms with E-state index < -0.39 is 0 Å².